The zero-order valence-corrected chi connectivity index (χ0v) is 12.4. The van der Waals surface area contributed by atoms with Gasteiger partial charge in [-0.3, -0.25) is 0 Å². The third-order valence-corrected chi connectivity index (χ3v) is 3.06. The second-order valence-corrected chi connectivity index (χ2v) is 4.88. The lowest BCUT2D eigenvalue weighted by atomic mass is 9.97. The highest BCUT2D eigenvalue weighted by atomic mass is 16.5. The van der Waals surface area contributed by atoms with Gasteiger partial charge in [-0.1, -0.05) is 26.8 Å². The normalized spacial score (nSPS) is 12.2. The van der Waals surface area contributed by atoms with E-state index < -0.39 is 0 Å². The van der Waals surface area contributed by atoms with Crippen molar-refractivity contribution in [1.82, 2.24) is 0 Å². The average molecular weight is 265 g/mol. The maximum atomic E-state index is 5.80. The van der Waals surface area contributed by atoms with E-state index in [4.69, 9.17) is 15.2 Å². The Morgan fingerprint density at radius 3 is 2.26 bits per heavy atom. The molecule has 1 aromatic rings. The van der Waals surface area contributed by atoms with Crippen molar-refractivity contribution in [3.63, 3.8) is 0 Å². The van der Waals surface area contributed by atoms with Gasteiger partial charge in [0.1, 0.15) is 0 Å². The summed E-state index contributed by atoms with van der Waals surface area (Å²) in [5.41, 5.74) is 6.89. The van der Waals surface area contributed by atoms with Crippen LogP contribution in [0.5, 0.6) is 11.5 Å². The van der Waals surface area contributed by atoms with Crippen molar-refractivity contribution in [3.8, 4) is 11.5 Å². The summed E-state index contributed by atoms with van der Waals surface area (Å²) >= 11 is 0. The van der Waals surface area contributed by atoms with Crippen LogP contribution < -0.4 is 15.2 Å². The van der Waals surface area contributed by atoms with Gasteiger partial charge in [-0.15, -0.1) is 0 Å². The molecule has 3 heteroatoms. The minimum Gasteiger partial charge on any atom is -0.490 e. The summed E-state index contributed by atoms with van der Waals surface area (Å²) < 4.78 is 11.5. The number of nitrogens with two attached hydrogens (primary N) is 1. The lowest BCUT2D eigenvalue weighted by molar-refractivity contribution is 0.268. The number of rotatable bonds is 9. The van der Waals surface area contributed by atoms with Gasteiger partial charge in [0.15, 0.2) is 11.5 Å². The van der Waals surface area contributed by atoms with Crippen molar-refractivity contribution in [3.05, 3.63) is 23.8 Å². The van der Waals surface area contributed by atoms with Crippen LogP contribution in [0.3, 0.4) is 0 Å². The largest absolute Gasteiger partial charge is 0.490 e. The van der Waals surface area contributed by atoms with Crippen LogP contribution in [-0.4, -0.2) is 19.8 Å². The fraction of sp³-hybridized carbons (Fsp3) is 0.625. The van der Waals surface area contributed by atoms with Gasteiger partial charge in [-0.05, 0) is 49.4 Å². The lowest BCUT2D eigenvalue weighted by Gasteiger charge is -2.16. The van der Waals surface area contributed by atoms with Gasteiger partial charge in [0.2, 0.25) is 0 Å². The smallest absolute Gasteiger partial charge is 0.161 e. The van der Waals surface area contributed by atoms with Gasteiger partial charge >= 0.3 is 0 Å². The standard InChI is InChI=1S/C16H27NO2/c1-4-10-18-15-7-6-14(13(3)8-9-17)12-16(15)19-11-5-2/h6-7,12-13H,4-5,8-11,17H2,1-3H3. The number of hydrogen-bond donors (Lipinski definition) is 1. The van der Waals surface area contributed by atoms with E-state index in [1.807, 2.05) is 6.07 Å². The molecule has 1 aromatic carbocycles. The molecular weight excluding hydrogens is 238 g/mol. The van der Waals surface area contributed by atoms with E-state index in [1.165, 1.54) is 5.56 Å². The van der Waals surface area contributed by atoms with Crippen LogP contribution in [0.25, 0.3) is 0 Å². The van der Waals surface area contributed by atoms with E-state index in [0.29, 0.717) is 12.5 Å². The van der Waals surface area contributed by atoms with Crippen LogP contribution in [-0.2, 0) is 0 Å². The lowest BCUT2D eigenvalue weighted by Crippen LogP contribution is -2.06. The summed E-state index contributed by atoms with van der Waals surface area (Å²) in [6.45, 7) is 8.55. The summed E-state index contributed by atoms with van der Waals surface area (Å²) in [6, 6.07) is 6.23. The van der Waals surface area contributed by atoms with Crippen LogP contribution >= 0.6 is 0 Å². The van der Waals surface area contributed by atoms with Crippen LogP contribution in [0.1, 0.15) is 51.5 Å². The van der Waals surface area contributed by atoms with E-state index in [9.17, 15) is 0 Å². The highest BCUT2D eigenvalue weighted by molar-refractivity contribution is 5.44. The van der Waals surface area contributed by atoms with Crippen molar-refractivity contribution in [2.75, 3.05) is 19.8 Å². The Morgan fingerprint density at radius 1 is 1.05 bits per heavy atom. The van der Waals surface area contributed by atoms with Crippen LogP contribution in [0.15, 0.2) is 18.2 Å². The van der Waals surface area contributed by atoms with Gasteiger partial charge in [-0.25, -0.2) is 0 Å². The van der Waals surface area contributed by atoms with Crippen LogP contribution in [0.4, 0.5) is 0 Å². The molecular formula is C16H27NO2. The molecule has 0 heterocycles. The molecule has 0 aliphatic rings. The Labute approximate surface area is 117 Å². The second-order valence-electron chi connectivity index (χ2n) is 4.88. The van der Waals surface area contributed by atoms with E-state index in [2.05, 4.69) is 32.9 Å². The Hall–Kier alpha value is -1.22. The van der Waals surface area contributed by atoms with Crippen molar-refractivity contribution in [2.24, 2.45) is 5.73 Å². The van der Waals surface area contributed by atoms with Gasteiger partial charge in [0.05, 0.1) is 13.2 Å². The maximum absolute atomic E-state index is 5.80. The number of hydrogen-bond acceptors (Lipinski definition) is 3. The van der Waals surface area contributed by atoms with Gasteiger partial charge in [0, 0.05) is 0 Å². The Morgan fingerprint density at radius 2 is 1.68 bits per heavy atom. The summed E-state index contributed by atoms with van der Waals surface area (Å²) in [5, 5.41) is 0. The Balaban J connectivity index is 2.86. The van der Waals surface area contributed by atoms with Gasteiger partial charge in [0.25, 0.3) is 0 Å². The summed E-state index contributed by atoms with van der Waals surface area (Å²) in [7, 11) is 0. The molecule has 0 fully saturated rings. The predicted octanol–water partition coefficient (Wildman–Crippen LogP) is 3.72. The second kappa shape index (κ2) is 8.81. The molecule has 3 nitrogen and oxygen atoms in total. The fourth-order valence-electron chi connectivity index (χ4n) is 1.90. The zero-order valence-electron chi connectivity index (χ0n) is 12.4. The molecule has 0 amide bonds. The van der Waals surface area contributed by atoms with Gasteiger partial charge in [-0.2, -0.15) is 0 Å². The molecule has 0 radical (unpaired) electrons. The molecule has 0 aliphatic heterocycles. The Kier molecular flexibility index (Phi) is 7.34. The first-order chi connectivity index (χ1) is 9.22. The van der Waals surface area contributed by atoms with Gasteiger partial charge < -0.3 is 15.2 Å². The first kappa shape index (κ1) is 15.8. The van der Waals surface area contributed by atoms with Crippen LogP contribution in [0.2, 0.25) is 0 Å². The van der Waals surface area contributed by atoms with E-state index in [-0.39, 0.29) is 0 Å². The molecule has 0 spiro atoms. The number of ether oxygens (including phenoxy) is 2. The molecule has 0 aliphatic carbocycles. The minimum atomic E-state index is 0.453. The molecule has 0 saturated heterocycles. The topological polar surface area (TPSA) is 44.5 Å². The first-order valence-electron chi connectivity index (χ1n) is 7.32. The molecule has 1 atom stereocenters. The third kappa shape index (κ3) is 5.11. The van der Waals surface area contributed by atoms with E-state index in [1.54, 1.807) is 0 Å². The molecule has 0 aromatic heterocycles. The molecule has 19 heavy (non-hydrogen) atoms. The molecule has 1 rings (SSSR count). The van der Waals surface area contributed by atoms with E-state index in [0.717, 1.165) is 44.0 Å². The quantitative estimate of drug-likeness (QED) is 0.740. The van der Waals surface area contributed by atoms with Crippen molar-refractivity contribution < 1.29 is 9.47 Å². The average Bonchev–Trinajstić information content (AvgIpc) is 2.43. The third-order valence-electron chi connectivity index (χ3n) is 3.06. The minimum absolute atomic E-state index is 0.453. The number of benzene rings is 1. The fourth-order valence-corrected chi connectivity index (χ4v) is 1.90. The summed E-state index contributed by atoms with van der Waals surface area (Å²) in [4.78, 5) is 0. The highest BCUT2D eigenvalue weighted by Gasteiger charge is 2.10. The molecule has 2 N–H and O–H groups in total. The van der Waals surface area contributed by atoms with Crippen molar-refractivity contribution >= 4 is 0 Å². The predicted molar refractivity (Wildman–Crippen MR) is 80.1 cm³/mol. The van der Waals surface area contributed by atoms with Crippen molar-refractivity contribution in [2.45, 2.75) is 46.0 Å². The molecule has 108 valence electrons. The van der Waals surface area contributed by atoms with Crippen LogP contribution in [0, 0.1) is 0 Å². The molecule has 1 unspecified atom stereocenters. The maximum Gasteiger partial charge on any atom is 0.161 e. The highest BCUT2D eigenvalue weighted by Crippen LogP contribution is 2.32. The molecule has 0 bridgehead atoms. The monoisotopic (exact) mass is 265 g/mol. The van der Waals surface area contributed by atoms with Crippen molar-refractivity contribution in [1.29, 1.82) is 0 Å². The van der Waals surface area contributed by atoms with E-state index >= 15 is 0 Å². The summed E-state index contributed by atoms with van der Waals surface area (Å²) in [6.07, 6.45) is 2.98. The summed E-state index contributed by atoms with van der Waals surface area (Å²) in [5.74, 6) is 2.16. The first-order valence-corrected chi connectivity index (χ1v) is 7.32. The zero-order chi connectivity index (χ0) is 14.1. The molecule has 0 saturated carbocycles. The SMILES string of the molecule is CCCOc1ccc(C(C)CCN)cc1OCCC. The Bertz CT molecular complexity index is 366.